The van der Waals surface area contributed by atoms with Crippen molar-refractivity contribution in [3.05, 3.63) is 76.4 Å². The standard InChI is InChI=1S/C7H3F5N2O6S.C6H3F5N2O4S.CO2.CH4.HI.Na.H2O.V/c8-21(9,10,11,12)3-1-4(13(17)18)6(7(15)16)5(2-3)14(19)20;7-18(8,9,10,11)6-2-4(12(14)15)1-5(3-6)13(16)17;2-1-3;;;;;/h1-2H,(H,15,16);1-3H;;1H4;1H;;1H2;/q;;;;;+1;;/p-1. The van der Waals surface area contributed by atoms with E-state index in [-0.39, 0.29) is 97.2 Å². The quantitative estimate of drug-likeness (QED) is 0.118. The first-order valence-electron chi connectivity index (χ1n) is 8.78. The van der Waals surface area contributed by atoms with Gasteiger partial charge in [-0.05, 0) is 0 Å². The molecule has 2 aromatic rings. The van der Waals surface area contributed by atoms with Crippen molar-refractivity contribution in [2.75, 3.05) is 0 Å². The van der Waals surface area contributed by atoms with Gasteiger partial charge in [0.15, 0.2) is 0 Å². The van der Waals surface area contributed by atoms with Crippen LogP contribution in [0.5, 0.6) is 0 Å². The molecule has 0 heterocycles. The van der Waals surface area contributed by atoms with Crippen molar-refractivity contribution < 1.29 is 132 Å². The molecule has 2 aromatic carbocycles. The minimum Gasteiger partial charge on any atom is -0.870 e. The molecule has 0 saturated carbocycles. The first kappa shape index (κ1) is 56.5. The maximum absolute atomic E-state index is 12.6. The summed E-state index contributed by atoms with van der Waals surface area (Å²) in [6.07, 6.45) is 0.250. The zero-order valence-corrected chi connectivity index (χ0v) is 28.4. The number of benzene rings is 2. The number of aromatic carboxylic acids is 1. The second-order valence-electron chi connectivity index (χ2n) is 6.88. The number of hydrogen-bond acceptors (Lipinski definition) is 12. The molecule has 0 aliphatic rings. The van der Waals surface area contributed by atoms with Crippen molar-refractivity contribution in [2.45, 2.75) is 17.2 Å². The molecular weight excluding hydrogens is 899 g/mol. The molecule has 0 spiro atoms. The second kappa shape index (κ2) is 16.0. The minimum atomic E-state index is -10.5. The largest absolute Gasteiger partial charge is 1.00 e. The normalized spacial score (nSPS) is 12.8. The van der Waals surface area contributed by atoms with Crippen molar-refractivity contribution in [2.24, 2.45) is 0 Å². The van der Waals surface area contributed by atoms with Crippen LogP contribution in [-0.4, -0.2) is 42.4 Å². The number of halogens is 11. The van der Waals surface area contributed by atoms with Crippen molar-refractivity contribution in [1.29, 1.82) is 0 Å². The second-order valence-corrected chi connectivity index (χ2v) is 11.7. The van der Waals surface area contributed by atoms with Crippen LogP contribution >= 0.6 is 44.4 Å². The Kier molecular flexibility index (Phi) is 19.3. The van der Waals surface area contributed by atoms with Crippen molar-refractivity contribution in [1.82, 2.24) is 0 Å². The Balaban J connectivity index is -0.000000151. The SMILES string of the molecule is C.I.O=C(O)c1c([N+](=O)[O-])cc(S(F)(F)(F)(F)F)cc1[N+](=O)[O-].O=C=O.O=[N+]([O-])c1cc([N+](=O)[O-])cc(S(F)(F)(F)(F)F)c1.[Na+].[OH-].[V]. The van der Waals surface area contributed by atoms with Gasteiger partial charge >= 0.3 is 62.1 Å². The fourth-order valence-corrected chi connectivity index (χ4v) is 3.67. The number of carbonyl (C=O) groups excluding carboxylic acids is 2. The molecule has 0 aliphatic heterocycles. The average Bonchev–Trinajstić information content (AvgIpc) is 2.75. The van der Waals surface area contributed by atoms with Crippen LogP contribution in [-0.2, 0) is 28.1 Å². The van der Waals surface area contributed by atoms with Crippen LogP contribution in [0.3, 0.4) is 0 Å². The summed E-state index contributed by atoms with van der Waals surface area (Å²) in [7, 11) is -20.7. The molecular formula is C15H12F10IN4NaO13S2V. The molecule has 32 heteroatoms. The van der Waals surface area contributed by atoms with E-state index in [1.165, 1.54) is 0 Å². The predicted molar refractivity (Wildman–Crippen MR) is 138 cm³/mol. The molecule has 265 valence electrons. The number of hydrogen-bond donors (Lipinski definition) is 1. The topological polar surface area (TPSA) is 274 Å². The molecule has 0 unspecified atom stereocenters. The third-order valence-corrected chi connectivity index (χ3v) is 6.12. The molecule has 0 amide bonds. The predicted octanol–water partition coefficient (Wildman–Crippen LogP) is 5.51. The molecule has 0 bridgehead atoms. The average molecular weight is 911 g/mol. The van der Waals surface area contributed by atoms with Gasteiger partial charge in [-0.15, -0.1) is 24.0 Å². The van der Waals surface area contributed by atoms with Crippen LogP contribution < -0.4 is 29.6 Å². The number of nitrogens with zero attached hydrogens (tertiary/aromatic N) is 4. The Labute approximate surface area is 302 Å². The first-order chi connectivity index (χ1) is 18.2. The number of carboxylic acids is 1. The van der Waals surface area contributed by atoms with E-state index in [4.69, 9.17) is 14.7 Å². The fourth-order valence-electron chi connectivity index (χ4n) is 2.32. The van der Waals surface area contributed by atoms with Crippen LogP contribution in [0.15, 0.2) is 40.1 Å². The van der Waals surface area contributed by atoms with Crippen molar-refractivity contribution >= 4 is 79.3 Å². The summed E-state index contributed by atoms with van der Waals surface area (Å²) < 4.78 is 125. The molecule has 2 rings (SSSR count). The number of nitro groups is 4. The van der Waals surface area contributed by atoms with E-state index in [9.17, 15) is 84.1 Å². The summed E-state index contributed by atoms with van der Waals surface area (Å²) in [4.78, 5) is 56.6. The summed E-state index contributed by atoms with van der Waals surface area (Å²) in [6.45, 7) is 0. The van der Waals surface area contributed by atoms with E-state index >= 15 is 0 Å². The number of carbonyl (C=O) groups is 1. The van der Waals surface area contributed by atoms with Gasteiger partial charge in [0.2, 0.25) is 5.56 Å². The number of carboxylic acid groups (broad SMARTS) is 1. The summed E-state index contributed by atoms with van der Waals surface area (Å²) in [5.74, 6) is -2.30. The van der Waals surface area contributed by atoms with Gasteiger partial charge < -0.3 is 10.6 Å². The monoisotopic (exact) mass is 911 g/mol. The van der Waals surface area contributed by atoms with Gasteiger partial charge in [-0.25, -0.2) is 4.79 Å². The molecule has 2 N–H and O–H groups in total. The summed E-state index contributed by atoms with van der Waals surface area (Å²) in [6, 6.07) is -2.19. The molecule has 47 heavy (non-hydrogen) atoms. The zero-order chi connectivity index (χ0) is 34.0. The Morgan fingerprint density at radius 1 is 0.638 bits per heavy atom. The van der Waals surface area contributed by atoms with E-state index in [1.54, 1.807) is 0 Å². The van der Waals surface area contributed by atoms with Crippen molar-refractivity contribution in [3.63, 3.8) is 0 Å². The molecule has 0 aliphatic carbocycles. The van der Waals surface area contributed by atoms with Gasteiger partial charge in [-0.1, -0.05) is 46.3 Å². The van der Waals surface area contributed by atoms with Gasteiger partial charge in [0.05, 0.1) is 25.8 Å². The van der Waals surface area contributed by atoms with E-state index in [0.29, 0.717) is 0 Å². The number of non-ortho nitro benzene ring substituents is 2. The maximum Gasteiger partial charge on any atom is 1.00 e. The fraction of sp³-hybridized carbons (Fsp3) is 0.0667. The molecule has 17 nitrogen and oxygen atoms in total. The molecule has 0 atom stereocenters. The smallest absolute Gasteiger partial charge is 0.870 e. The van der Waals surface area contributed by atoms with Gasteiger partial charge in [0.25, 0.3) is 22.7 Å². The Morgan fingerprint density at radius 2 is 0.872 bits per heavy atom. The summed E-state index contributed by atoms with van der Waals surface area (Å²) in [5.41, 5.74) is -8.52. The van der Waals surface area contributed by atoms with Crippen molar-refractivity contribution in [3.8, 4) is 0 Å². The Hall–Kier alpha value is -2.84. The molecule has 0 saturated heterocycles. The van der Waals surface area contributed by atoms with E-state index < -0.39 is 108 Å². The summed E-state index contributed by atoms with van der Waals surface area (Å²) >= 11 is 0. The van der Waals surface area contributed by atoms with E-state index in [0.717, 1.165) is 0 Å². The third kappa shape index (κ3) is 17.2. The van der Waals surface area contributed by atoms with Crippen LogP contribution in [0.25, 0.3) is 0 Å². The molecule has 0 fully saturated rings. The third-order valence-electron chi connectivity index (χ3n) is 3.87. The maximum atomic E-state index is 12.6. The molecule has 0 aromatic heterocycles. The van der Waals surface area contributed by atoms with Crippen LogP contribution in [0, 0.1) is 40.5 Å². The van der Waals surface area contributed by atoms with Gasteiger partial charge in [-0.2, -0.15) is 9.59 Å². The Morgan fingerprint density at radius 3 is 1.04 bits per heavy atom. The first-order valence-corrected chi connectivity index (χ1v) is 12.7. The van der Waals surface area contributed by atoms with E-state index in [1.807, 2.05) is 0 Å². The molecule has 1 radical (unpaired) electrons. The van der Waals surface area contributed by atoms with Gasteiger partial charge in [-0.3, -0.25) is 40.5 Å². The number of rotatable bonds is 7. The summed E-state index contributed by atoms with van der Waals surface area (Å²) in [5, 5.41) is 50.1. The van der Waals surface area contributed by atoms with Gasteiger partial charge in [0, 0.05) is 42.8 Å². The van der Waals surface area contributed by atoms with Crippen LogP contribution in [0.1, 0.15) is 17.8 Å². The Bertz CT molecular complexity index is 1520. The van der Waals surface area contributed by atoms with Crippen LogP contribution in [0.4, 0.5) is 61.6 Å². The van der Waals surface area contributed by atoms with Crippen LogP contribution in [0.2, 0.25) is 0 Å². The zero-order valence-electron chi connectivity index (χ0n) is 21.0. The number of nitro benzene ring substituents is 4. The minimum absolute atomic E-state index is 0. The van der Waals surface area contributed by atoms with Gasteiger partial charge in [0.1, 0.15) is 9.79 Å². The van der Waals surface area contributed by atoms with E-state index in [2.05, 4.69) is 0 Å².